The number of carbonyl (C=O) groups excluding carboxylic acids is 3. The van der Waals surface area contributed by atoms with Gasteiger partial charge in [-0.05, 0) is 42.2 Å². The summed E-state index contributed by atoms with van der Waals surface area (Å²) in [7, 11) is 1.34. The molecule has 162 valence electrons. The second kappa shape index (κ2) is 7.18. The molecular weight excluding hydrogens is 392 g/mol. The molecule has 0 saturated heterocycles. The molecule has 2 bridgehead atoms. The van der Waals surface area contributed by atoms with E-state index in [1.165, 1.54) is 7.11 Å². The highest BCUT2D eigenvalue weighted by molar-refractivity contribution is 6.07. The molecule has 0 aliphatic heterocycles. The highest BCUT2D eigenvalue weighted by Crippen LogP contribution is 2.63. The van der Waals surface area contributed by atoms with E-state index in [9.17, 15) is 14.4 Å². The lowest BCUT2D eigenvalue weighted by Crippen LogP contribution is -2.66. The minimum Gasteiger partial charge on any atom is -0.468 e. The maximum absolute atomic E-state index is 14.1. The zero-order valence-electron chi connectivity index (χ0n) is 18.1. The first-order valence-electron chi connectivity index (χ1n) is 11.2. The molecule has 0 spiro atoms. The topological polar surface area (TPSA) is 69.7 Å². The fraction of sp³-hybridized carbons (Fsp3) is 0.500. The summed E-state index contributed by atoms with van der Waals surface area (Å²) in [6.07, 6.45) is 8.63. The summed E-state index contributed by atoms with van der Waals surface area (Å²) in [4.78, 5) is 40.6. The number of fused-ring (bicyclic) bond motifs is 6. The number of benzene rings is 1. The van der Waals surface area contributed by atoms with Crippen molar-refractivity contribution in [3.63, 3.8) is 0 Å². The van der Waals surface area contributed by atoms with Crippen molar-refractivity contribution < 1.29 is 23.9 Å². The smallest absolute Gasteiger partial charge is 0.338 e. The molecule has 5 heteroatoms. The third-order valence-electron chi connectivity index (χ3n) is 8.25. The number of esters is 2. The summed E-state index contributed by atoms with van der Waals surface area (Å²) < 4.78 is 11.5. The van der Waals surface area contributed by atoms with Crippen molar-refractivity contribution in [3.8, 4) is 0 Å². The molecule has 2 fully saturated rings. The number of hydrogen-bond donors (Lipinski definition) is 0. The van der Waals surface area contributed by atoms with Crippen molar-refractivity contribution in [2.75, 3.05) is 7.11 Å². The Morgan fingerprint density at radius 1 is 1.00 bits per heavy atom. The molecule has 0 amide bonds. The number of methoxy groups -OCH3 is 1. The van der Waals surface area contributed by atoms with Gasteiger partial charge < -0.3 is 9.47 Å². The minimum atomic E-state index is -1.33. The zero-order chi connectivity index (χ0) is 21.9. The first-order chi connectivity index (χ1) is 14.9. The summed E-state index contributed by atoms with van der Waals surface area (Å²) >= 11 is 0. The van der Waals surface area contributed by atoms with E-state index < -0.39 is 29.4 Å². The predicted molar refractivity (Wildman–Crippen MR) is 114 cm³/mol. The Kier molecular flexibility index (Phi) is 4.68. The summed E-state index contributed by atoms with van der Waals surface area (Å²) in [5.74, 6) is -1.94. The van der Waals surface area contributed by atoms with E-state index in [1.54, 1.807) is 24.3 Å². The highest BCUT2D eigenvalue weighted by atomic mass is 16.5. The van der Waals surface area contributed by atoms with Gasteiger partial charge in [0.15, 0.2) is 5.78 Å². The van der Waals surface area contributed by atoms with Crippen LogP contribution in [-0.2, 0) is 19.1 Å². The number of ketones is 1. The van der Waals surface area contributed by atoms with Gasteiger partial charge >= 0.3 is 11.9 Å². The Morgan fingerprint density at radius 2 is 1.71 bits per heavy atom. The lowest BCUT2D eigenvalue weighted by atomic mass is 9.47. The average Bonchev–Trinajstić information content (AvgIpc) is 3.40. The Labute approximate surface area is 182 Å². The molecule has 1 aromatic rings. The maximum atomic E-state index is 14.1. The number of carbonyl (C=O) groups is 3. The maximum Gasteiger partial charge on any atom is 0.338 e. The van der Waals surface area contributed by atoms with E-state index in [0.29, 0.717) is 5.56 Å². The minimum absolute atomic E-state index is 0.0260. The molecule has 5 nitrogen and oxygen atoms in total. The van der Waals surface area contributed by atoms with Gasteiger partial charge in [-0.15, -0.1) is 0 Å². The van der Waals surface area contributed by atoms with Gasteiger partial charge in [-0.3, -0.25) is 9.59 Å². The van der Waals surface area contributed by atoms with Crippen LogP contribution in [0.15, 0.2) is 54.6 Å². The lowest BCUT2D eigenvalue weighted by Gasteiger charge is -2.55. The molecular formula is C26H28O5. The molecule has 9 unspecified atom stereocenters. The van der Waals surface area contributed by atoms with Gasteiger partial charge in [0, 0.05) is 17.8 Å². The van der Waals surface area contributed by atoms with E-state index >= 15 is 0 Å². The largest absolute Gasteiger partial charge is 0.468 e. The van der Waals surface area contributed by atoms with E-state index in [2.05, 4.69) is 18.2 Å². The normalized spacial score (nSPS) is 42.1. The molecule has 0 radical (unpaired) electrons. The van der Waals surface area contributed by atoms with Crippen LogP contribution < -0.4 is 0 Å². The molecule has 4 aliphatic rings. The predicted octanol–water partition coefficient (Wildman–Crippen LogP) is 3.85. The molecule has 5 rings (SSSR count). The van der Waals surface area contributed by atoms with Gasteiger partial charge in [-0.1, -0.05) is 56.4 Å². The molecule has 9 atom stereocenters. The van der Waals surface area contributed by atoms with Gasteiger partial charge in [0.1, 0.15) is 11.5 Å². The van der Waals surface area contributed by atoms with E-state index in [1.807, 2.05) is 26.0 Å². The monoisotopic (exact) mass is 420 g/mol. The molecule has 0 aromatic heterocycles. The SMILES string of the molecule is COC(=O)C12C(=O)C3C4C=CC(C4)C3C(OC(=O)c3ccccc3)C1C(C)C=CC2C. The third kappa shape index (κ3) is 2.65. The van der Waals surface area contributed by atoms with E-state index in [-0.39, 0.29) is 41.3 Å². The van der Waals surface area contributed by atoms with Gasteiger partial charge in [-0.25, -0.2) is 4.79 Å². The Hall–Kier alpha value is -2.69. The van der Waals surface area contributed by atoms with Crippen LogP contribution in [0, 0.1) is 46.8 Å². The number of ether oxygens (including phenoxy) is 2. The fourth-order valence-electron chi connectivity index (χ4n) is 6.98. The molecule has 1 aromatic carbocycles. The van der Waals surface area contributed by atoms with Crippen molar-refractivity contribution >= 4 is 17.7 Å². The summed E-state index contributed by atoms with van der Waals surface area (Å²) in [6.45, 7) is 3.91. The standard InChI is InChI=1S/C26H28O5/c1-14-9-10-15(2)26(25(29)30-3)21(14)22(31-24(28)16-7-5-4-6-8-16)19-17-11-12-18(13-17)20(19)23(26)27/h4-12,14-15,17-22H,13H2,1-3H3. The van der Waals surface area contributed by atoms with Crippen molar-refractivity contribution in [3.05, 3.63) is 60.2 Å². The lowest BCUT2D eigenvalue weighted by molar-refractivity contribution is -0.188. The van der Waals surface area contributed by atoms with Gasteiger partial charge in [-0.2, -0.15) is 0 Å². The summed E-state index contributed by atoms with van der Waals surface area (Å²) in [5.41, 5.74) is -0.852. The van der Waals surface area contributed by atoms with E-state index in [0.717, 1.165) is 6.42 Å². The van der Waals surface area contributed by atoms with Crippen molar-refractivity contribution in [1.29, 1.82) is 0 Å². The highest BCUT2D eigenvalue weighted by Gasteiger charge is 2.71. The van der Waals surface area contributed by atoms with Crippen LogP contribution in [0.4, 0.5) is 0 Å². The number of hydrogen-bond acceptors (Lipinski definition) is 5. The number of Topliss-reactive ketones (excluding diaryl/α,β-unsaturated/α-hetero) is 1. The van der Waals surface area contributed by atoms with E-state index in [4.69, 9.17) is 9.47 Å². The van der Waals surface area contributed by atoms with Crippen LogP contribution in [0.3, 0.4) is 0 Å². The summed E-state index contributed by atoms with van der Waals surface area (Å²) in [6, 6.07) is 8.92. The number of allylic oxidation sites excluding steroid dienone is 4. The van der Waals surface area contributed by atoms with Gasteiger partial charge in [0.05, 0.1) is 12.7 Å². The molecule has 0 heterocycles. The zero-order valence-corrected chi connectivity index (χ0v) is 18.1. The van der Waals surface area contributed by atoms with Gasteiger partial charge in [0.25, 0.3) is 0 Å². The molecule has 0 N–H and O–H groups in total. The summed E-state index contributed by atoms with van der Waals surface area (Å²) in [5, 5.41) is 0. The molecule has 2 saturated carbocycles. The van der Waals surface area contributed by atoms with Crippen LogP contribution in [0.2, 0.25) is 0 Å². The average molecular weight is 421 g/mol. The van der Waals surface area contributed by atoms with Crippen LogP contribution in [-0.4, -0.2) is 30.9 Å². The van der Waals surface area contributed by atoms with Crippen LogP contribution in [0.5, 0.6) is 0 Å². The van der Waals surface area contributed by atoms with Crippen LogP contribution >= 0.6 is 0 Å². The van der Waals surface area contributed by atoms with Crippen LogP contribution in [0.25, 0.3) is 0 Å². The Balaban J connectivity index is 1.65. The van der Waals surface area contributed by atoms with Gasteiger partial charge in [0.2, 0.25) is 0 Å². The van der Waals surface area contributed by atoms with Crippen molar-refractivity contribution in [1.82, 2.24) is 0 Å². The first kappa shape index (κ1) is 20.2. The first-order valence-corrected chi connectivity index (χ1v) is 11.2. The Bertz CT molecular complexity index is 979. The van der Waals surface area contributed by atoms with Crippen molar-refractivity contribution in [2.24, 2.45) is 46.8 Å². The Morgan fingerprint density at radius 3 is 2.42 bits per heavy atom. The molecule has 4 aliphatic carbocycles. The quantitative estimate of drug-likeness (QED) is 0.422. The second-order valence-corrected chi connectivity index (χ2v) is 9.57. The fourth-order valence-corrected chi connectivity index (χ4v) is 6.98. The third-order valence-corrected chi connectivity index (χ3v) is 8.25. The molecule has 31 heavy (non-hydrogen) atoms. The van der Waals surface area contributed by atoms with Crippen molar-refractivity contribution in [2.45, 2.75) is 26.4 Å². The number of rotatable bonds is 3. The second-order valence-electron chi connectivity index (χ2n) is 9.57. The van der Waals surface area contributed by atoms with Crippen LogP contribution in [0.1, 0.15) is 30.6 Å².